The number of carbonyl (C=O) groups excluding carboxylic acids is 1. The fourth-order valence-electron chi connectivity index (χ4n) is 2.99. The molecule has 1 aliphatic heterocycles. The molecule has 0 saturated carbocycles. The summed E-state index contributed by atoms with van der Waals surface area (Å²) in [5.41, 5.74) is 0. The highest BCUT2D eigenvalue weighted by molar-refractivity contribution is 7.18. The fourth-order valence-corrected chi connectivity index (χ4v) is 3.92. The molecule has 9 heteroatoms. The maximum Gasteiger partial charge on any atom is 0.392 e. The summed E-state index contributed by atoms with van der Waals surface area (Å²) in [7, 11) is 0. The molecule has 3 rings (SSSR count). The van der Waals surface area contributed by atoms with Gasteiger partial charge in [-0.05, 0) is 12.5 Å². The molecule has 1 amide bonds. The highest BCUT2D eigenvalue weighted by Crippen LogP contribution is 2.31. The van der Waals surface area contributed by atoms with Crippen LogP contribution in [0.4, 0.5) is 19.0 Å². The summed E-state index contributed by atoms with van der Waals surface area (Å²) in [6.07, 6.45) is -2.36. The molecule has 2 aromatic rings. The van der Waals surface area contributed by atoms with Crippen LogP contribution in [0.2, 0.25) is 0 Å². The molecule has 1 fully saturated rings. The van der Waals surface area contributed by atoms with Crippen molar-refractivity contribution >= 4 is 33.3 Å². The normalized spacial score (nSPS) is 17.0. The van der Waals surface area contributed by atoms with E-state index < -0.39 is 24.4 Å². The van der Waals surface area contributed by atoms with Gasteiger partial charge in [-0.2, -0.15) is 13.2 Å². The molecule has 0 bridgehead atoms. The molecule has 0 radical (unpaired) electrons. The Labute approximate surface area is 153 Å². The standard InChI is InChI=1S/C17H21F3N4OS/c1-3-12-9-13-15(21-10-22-16(13)26-12)24-6-4-23(5-7-24)14(25)8-11(2)17(18,19)20/h9-11H,3-8H2,1-2H3. The number of hydrogen-bond acceptors (Lipinski definition) is 5. The molecule has 0 aromatic carbocycles. The molecule has 1 unspecified atom stereocenters. The molecule has 0 N–H and O–H groups in total. The minimum atomic E-state index is -4.33. The Morgan fingerprint density at radius 2 is 1.96 bits per heavy atom. The molecule has 0 aliphatic carbocycles. The molecule has 26 heavy (non-hydrogen) atoms. The van der Waals surface area contributed by atoms with E-state index in [0.717, 1.165) is 29.4 Å². The van der Waals surface area contributed by atoms with E-state index in [9.17, 15) is 18.0 Å². The number of rotatable bonds is 4. The summed E-state index contributed by atoms with van der Waals surface area (Å²) in [5.74, 6) is -1.22. The van der Waals surface area contributed by atoms with Crippen LogP contribution in [-0.4, -0.2) is 53.1 Å². The number of anilines is 1. The fraction of sp³-hybridized carbons (Fsp3) is 0.588. The molecular weight excluding hydrogens is 365 g/mol. The van der Waals surface area contributed by atoms with Gasteiger partial charge in [-0.1, -0.05) is 13.8 Å². The van der Waals surface area contributed by atoms with Crippen LogP contribution in [0.3, 0.4) is 0 Å². The third-order valence-electron chi connectivity index (χ3n) is 4.68. The minimum Gasteiger partial charge on any atom is -0.352 e. The summed E-state index contributed by atoms with van der Waals surface area (Å²) in [5, 5.41) is 1.000. The van der Waals surface area contributed by atoms with Gasteiger partial charge >= 0.3 is 6.18 Å². The van der Waals surface area contributed by atoms with Crippen molar-refractivity contribution in [2.24, 2.45) is 5.92 Å². The predicted molar refractivity (Wildman–Crippen MR) is 95.4 cm³/mol. The lowest BCUT2D eigenvalue weighted by atomic mass is 10.1. The zero-order valence-corrected chi connectivity index (χ0v) is 15.5. The van der Waals surface area contributed by atoms with Crippen molar-refractivity contribution in [2.75, 3.05) is 31.1 Å². The number of carbonyl (C=O) groups is 1. The van der Waals surface area contributed by atoms with Crippen LogP contribution < -0.4 is 4.90 Å². The van der Waals surface area contributed by atoms with Gasteiger partial charge < -0.3 is 9.80 Å². The number of aromatic nitrogens is 2. The molecule has 2 aromatic heterocycles. The summed E-state index contributed by atoms with van der Waals surface area (Å²) in [6.45, 7) is 5.04. The first-order valence-electron chi connectivity index (χ1n) is 8.62. The van der Waals surface area contributed by atoms with Crippen molar-refractivity contribution in [3.8, 4) is 0 Å². The Hall–Kier alpha value is -1.90. The quantitative estimate of drug-likeness (QED) is 0.807. The lowest BCUT2D eigenvalue weighted by Gasteiger charge is -2.36. The first kappa shape index (κ1) is 18.9. The molecule has 0 spiro atoms. The summed E-state index contributed by atoms with van der Waals surface area (Å²) >= 11 is 1.64. The average Bonchev–Trinajstić information content (AvgIpc) is 3.04. The van der Waals surface area contributed by atoms with E-state index in [-0.39, 0.29) is 0 Å². The Balaban J connectivity index is 1.65. The van der Waals surface area contributed by atoms with Gasteiger partial charge in [-0.15, -0.1) is 11.3 Å². The van der Waals surface area contributed by atoms with E-state index in [1.165, 1.54) is 16.1 Å². The molecule has 1 aliphatic rings. The number of aryl methyl sites for hydroxylation is 1. The topological polar surface area (TPSA) is 49.3 Å². The number of hydrogen-bond donors (Lipinski definition) is 0. The first-order valence-corrected chi connectivity index (χ1v) is 9.44. The van der Waals surface area contributed by atoms with Crippen LogP contribution in [0, 0.1) is 5.92 Å². The molecule has 5 nitrogen and oxygen atoms in total. The predicted octanol–water partition coefficient (Wildman–Crippen LogP) is 3.49. The molecule has 1 atom stereocenters. The third-order valence-corrected chi connectivity index (χ3v) is 5.87. The highest BCUT2D eigenvalue weighted by atomic mass is 32.1. The maximum absolute atomic E-state index is 12.6. The van der Waals surface area contributed by atoms with Gasteiger partial charge in [0.1, 0.15) is 17.0 Å². The first-order chi connectivity index (χ1) is 12.3. The van der Waals surface area contributed by atoms with E-state index in [2.05, 4.69) is 27.9 Å². The van der Waals surface area contributed by atoms with E-state index in [0.29, 0.717) is 26.2 Å². The largest absolute Gasteiger partial charge is 0.392 e. The van der Waals surface area contributed by atoms with E-state index in [4.69, 9.17) is 0 Å². The Kier molecular flexibility index (Phi) is 5.36. The minimum absolute atomic E-state index is 0.402. The summed E-state index contributed by atoms with van der Waals surface area (Å²) in [6, 6.07) is 2.10. The zero-order valence-electron chi connectivity index (χ0n) is 14.7. The monoisotopic (exact) mass is 386 g/mol. The highest BCUT2D eigenvalue weighted by Gasteiger charge is 2.38. The lowest BCUT2D eigenvalue weighted by Crippen LogP contribution is -2.49. The number of fused-ring (bicyclic) bond motifs is 1. The van der Waals surface area contributed by atoms with Gasteiger partial charge in [0, 0.05) is 37.5 Å². The van der Waals surface area contributed by atoms with Crippen molar-refractivity contribution in [2.45, 2.75) is 32.9 Å². The second-order valence-corrected chi connectivity index (χ2v) is 7.61. The van der Waals surface area contributed by atoms with Gasteiger partial charge in [0.05, 0.1) is 11.3 Å². The third kappa shape index (κ3) is 3.92. The average molecular weight is 386 g/mol. The van der Waals surface area contributed by atoms with Gasteiger partial charge in [-0.25, -0.2) is 9.97 Å². The molecule has 1 saturated heterocycles. The summed E-state index contributed by atoms with van der Waals surface area (Å²) < 4.78 is 37.9. The second-order valence-electron chi connectivity index (χ2n) is 6.50. The number of alkyl halides is 3. The van der Waals surface area contributed by atoms with Crippen LogP contribution >= 0.6 is 11.3 Å². The number of nitrogens with zero attached hydrogens (tertiary/aromatic N) is 4. The lowest BCUT2D eigenvalue weighted by molar-refractivity contribution is -0.176. The van der Waals surface area contributed by atoms with Gasteiger partial charge in [0.15, 0.2) is 0 Å². The molecule has 142 valence electrons. The van der Waals surface area contributed by atoms with E-state index >= 15 is 0 Å². The van der Waals surface area contributed by atoms with Crippen molar-refractivity contribution < 1.29 is 18.0 Å². The number of halogens is 3. The van der Waals surface area contributed by atoms with Gasteiger partial charge in [0.2, 0.25) is 5.91 Å². The zero-order chi connectivity index (χ0) is 18.9. The number of piperazine rings is 1. The van der Waals surface area contributed by atoms with Gasteiger partial charge in [0.25, 0.3) is 0 Å². The van der Waals surface area contributed by atoms with Crippen LogP contribution in [-0.2, 0) is 11.2 Å². The maximum atomic E-state index is 12.6. The van der Waals surface area contributed by atoms with Crippen LogP contribution in [0.25, 0.3) is 10.2 Å². The van der Waals surface area contributed by atoms with Crippen molar-refractivity contribution in [3.63, 3.8) is 0 Å². The molecule has 3 heterocycles. The number of thiophene rings is 1. The number of amides is 1. The van der Waals surface area contributed by atoms with E-state index in [1.54, 1.807) is 11.3 Å². The second kappa shape index (κ2) is 7.38. The van der Waals surface area contributed by atoms with Crippen LogP contribution in [0.1, 0.15) is 25.1 Å². The Morgan fingerprint density at radius 1 is 1.27 bits per heavy atom. The van der Waals surface area contributed by atoms with E-state index in [1.807, 2.05) is 0 Å². The van der Waals surface area contributed by atoms with Crippen molar-refractivity contribution in [1.29, 1.82) is 0 Å². The smallest absolute Gasteiger partial charge is 0.352 e. The SMILES string of the molecule is CCc1cc2c(N3CCN(C(=O)CC(C)C(F)(F)F)CC3)ncnc2s1. The van der Waals surface area contributed by atoms with Crippen molar-refractivity contribution in [3.05, 3.63) is 17.3 Å². The van der Waals surface area contributed by atoms with Crippen LogP contribution in [0.15, 0.2) is 12.4 Å². The van der Waals surface area contributed by atoms with Crippen LogP contribution in [0.5, 0.6) is 0 Å². The summed E-state index contributed by atoms with van der Waals surface area (Å²) in [4.78, 5) is 26.6. The Bertz CT molecular complexity index is 784. The molecular formula is C17H21F3N4OS. The van der Waals surface area contributed by atoms with Crippen molar-refractivity contribution in [1.82, 2.24) is 14.9 Å². The van der Waals surface area contributed by atoms with Gasteiger partial charge in [-0.3, -0.25) is 4.79 Å². The Morgan fingerprint density at radius 3 is 2.58 bits per heavy atom.